The molecule has 0 spiro atoms. The maximum absolute atomic E-state index is 14.1. The molecule has 1 aromatic heterocycles. The largest absolute Gasteiger partial charge is 0.490 e. The van der Waals surface area contributed by atoms with Crippen molar-refractivity contribution in [2.24, 2.45) is 0 Å². The van der Waals surface area contributed by atoms with E-state index >= 15 is 0 Å². The first-order valence-electron chi connectivity index (χ1n) is 7.14. The maximum atomic E-state index is 14.1. The van der Waals surface area contributed by atoms with Gasteiger partial charge in [0.1, 0.15) is 11.4 Å². The van der Waals surface area contributed by atoms with E-state index in [4.69, 9.17) is 4.74 Å². The second-order valence-corrected chi connectivity index (χ2v) is 4.98. The average Bonchev–Trinajstić information content (AvgIpc) is 2.47. The number of rotatable bonds is 6. The smallest absolute Gasteiger partial charge is 0.223 e. The van der Waals surface area contributed by atoms with Crippen molar-refractivity contribution in [1.82, 2.24) is 9.97 Å². The molecule has 0 amide bonds. The SMILES string of the molecule is CCCNc1ncc(F)c(-c2ccccc2OC(C)C)n1. The molecule has 0 bridgehead atoms. The molecule has 0 saturated heterocycles. The van der Waals surface area contributed by atoms with Crippen LogP contribution in [0.25, 0.3) is 11.3 Å². The van der Waals surface area contributed by atoms with Crippen LogP contribution in [0.1, 0.15) is 27.2 Å². The van der Waals surface area contributed by atoms with Gasteiger partial charge in [-0.15, -0.1) is 0 Å². The number of anilines is 1. The molecule has 1 N–H and O–H groups in total. The molecule has 2 rings (SSSR count). The molecule has 4 nitrogen and oxygen atoms in total. The van der Waals surface area contributed by atoms with E-state index in [1.807, 2.05) is 39.0 Å². The van der Waals surface area contributed by atoms with Crippen molar-refractivity contribution >= 4 is 5.95 Å². The summed E-state index contributed by atoms with van der Waals surface area (Å²) in [5.41, 5.74) is 0.880. The fraction of sp³-hybridized carbons (Fsp3) is 0.375. The highest BCUT2D eigenvalue weighted by Crippen LogP contribution is 2.31. The van der Waals surface area contributed by atoms with Crippen LogP contribution in [-0.2, 0) is 0 Å². The van der Waals surface area contributed by atoms with Crippen LogP contribution in [0.15, 0.2) is 30.5 Å². The topological polar surface area (TPSA) is 47.0 Å². The molecular weight excluding hydrogens is 269 g/mol. The van der Waals surface area contributed by atoms with E-state index in [1.165, 1.54) is 6.20 Å². The zero-order valence-corrected chi connectivity index (χ0v) is 12.6. The zero-order valence-electron chi connectivity index (χ0n) is 12.6. The van der Waals surface area contributed by atoms with Crippen LogP contribution in [0.5, 0.6) is 5.75 Å². The summed E-state index contributed by atoms with van der Waals surface area (Å²) in [4.78, 5) is 8.23. The van der Waals surface area contributed by atoms with Crippen molar-refractivity contribution in [3.63, 3.8) is 0 Å². The minimum absolute atomic E-state index is 0.00809. The molecule has 0 aliphatic carbocycles. The monoisotopic (exact) mass is 289 g/mol. The minimum atomic E-state index is -0.461. The molecule has 2 aromatic rings. The van der Waals surface area contributed by atoms with E-state index in [-0.39, 0.29) is 11.8 Å². The zero-order chi connectivity index (χ0) is 15.2. The van der Waals surface area contributed by atoms with Gasteiger partial charge in [0.2, 0.25) is 5.95 Å². The van der Waals surface area contributed by atoms with Gasteiger partial charge in [0, 0.05) is 12.1 Å². The summed E-state index contributed by atoms with van der Waals surface area (Å²) >= 11 is 0. The highest BCUT2D eigenvalue weighted by molar-refractivity contribution is 5.68. The average molecular weight is 289 g/mol. The number of aromatic nitrogens is 2. The number of hydrogen-bond acceptors (Lipinski definition) is 4. The molecule has 0 aliphatic rings. The first-order chi connectivity index (χ1) is 10.1. The third-order valence-corrected chi connectivity index (χ3v) is 2.78. The lowest BCUT2D eigenvalue weighted by atomic mass is 10.1. The number of para-hydroxylation sites is 1. The lowest BCUT2D eigenvalue weighted by molar-refractivity contribution is 0.243. The van der Waals surface area contributed by atoms with E-state index in [0.29, 0.717) is 17.3 Å². The Hall–Kier alpha value is -2.17. The molecule has 0 radical (unpaired) electrons. The fourth-order valence-corrected chi connectivity index (χ4v) is 1.90. The van der Waals surface area contributed by atoms with E-state index < -0.39 is 5.82 Å². The van der Waals surface area contributed by atoms with Crippen LogP contribution in [0.3, 0.4) is 0 Å². The Kier molecular flexibility index (Phi) is 5.09. The predicted octanol–water partition coefficient (Wildman–Crippen LogP) is 3.89. The normalized spacial score (nSPS) is 10.7. The lowest BCUT2D eigenvalue weighted by Crippen LogP contribution is -2.08. The summed E-state index contributed by atoms with van der Waals surface area (Å²) < 4.78 is 19.8. The molecule has 0 fully saturated rings. The number of nitrogens with one attached hydrogen (secondary N) is 1. The third kappa shape index (κ3) is 3.90. The van der Waals surface area contributed by atoms with Gasteiger partial charge in [-0.25, -0.2) is 14.4 Å². The molecule has 5 heteroatoms. The van der Waals surface area contributed by atoms with Crippen LogP contribution in [0.4, 0.5) is 10.3 Å². The molecule has 0 unspecified atom stereocenters. The van der Waals surface area contributed by atoms with Gasteiger partial charge in [0.15, 0.2) is 5.82 Å². The molecule has 1 heterocycles. The maximum Gasteiger partial charge on any atom is 0.223 e. The second kappa shape index (κ2) is 7.02. The Morgan fingerprint density at radius 1 is 1.29 bits per heavy atom. The summed E-state index contributed by atoms with van der Waals surface area (Å²) in [5.74, 6) is 0.580. The number of nitrogens with zero attached hydrogens (tertiary/aromatic N) is 2. The summed E-state index contributed by atoms with van der Waals surface area (Å²) in [6, 6.07) is 7.31. The van der Waals surface area contributed by atoms with Crippen LogP contribution in [-0.4, -0.2) is 22.6 Å². The lowest BCUT2D eigenvalue weighted by Gasteiger charge is -2.14. The van der Waals surface area contributed by atoms with Crippen LogP contribution >= 0.6 is 0 Å². The quantitative estimate of drug-likeness (QED) is 0.876. The summed E-state index contributed by atoms with van der Waals surface area (Å²) in [5, 5.41) is 3.06. The Morgan fingerprint density at radius 3 is 2.76 bits per heavy atom. The fourth-order valence-electron chi connectivity index (χ4n) is 1.90. The standard InChI is InChI=1S/C16H20FN3O/c1-4-9-18-16-19-10-13(17)15(20-16)12-7-5-6-8-14(12)21-11(2)3/h5-8,10-11H,4,9H2,1-3H3,(H,18,19,20). The molecule has 0 atom stereocenters. The minimum Gasteiger partial charge on any atom is -0.490 e. The van der Waals surface area contributed by atoms with Gasteiger partial charge in [-0.3, -0.25) is 0 Å². The number of hydrogen-bond donors (Lipinski definition) is 1. The predicted molar refractivity (Wildman–Crippen MR) is 82.0 cm³/mol. The van der Waals surface area contributed by atoms with Crippen LogP contribution in [0.2, 0.25) is 0 Å². The van der Waals surface area contributed by atoms with Gasteiger partial charge in [-0.2, -0.15) is 0 Å². The van der Waals surface area contributed by atoms with Crippen molar-refractivity contribution in [3.05, 3.63) is 36.3 Å². The van der Waals surface area contributed by atoms with Gasteiger partial charge in [0.05, 0.1) is 12.3 Å². The van der Waals surface area contributed by atoms with Crippen LogP contribution < -0.4 is 10.1 Å². The summed E-state index contributed by atoms with van der Waals surface area (Å²) in [7, 11) is 0. The molecule has 0 aliphatic heterocycles. The van der Waals surface area contributed by atoms with Crippen molar-refractivity contribution < 1.29 is 9.13 Å². The Labute approximate surface area is 124 Å². The van der Waals surface area contributed by atoms with Crippen molar-refractivity contribution in [2.45, 2.75) is 33.3 Å². The summed E-state index contributed by atoms with van der Waals surface area (Å²) in [6.45, 7) is 6.65. The second-order valence-electron chi connectivity index (χ2n) is 4.98. The highest BCUT2D eigenvalue weighted by atomic mass is 19.1. The highest BCUT2D eigenvalue weighted by Gasteiger charge is 2.14. The number of ether oxygens (including phenoxy) is 1. The van der Waals surface area contributed by atoms with E-state index in [9.17, 15) is 4.39 Å². The first-order valence-corrected chi connectivity index (χ1v) is 7.14. The van der Waals surface area contributed by atoms with Crippen molar-refractivity contribution in [1.29, 1.82) is 0 Å². The third-order valence-electron chi connectivity index (χ3n) is 2.78. The first kappa shape index (κ1) is 15.2. The molecule has 21 heavy (non-hydrogen) atoms. The number of halogens is 1. The molecular formula is C16H20FN3O. The van der Waals surface area contributed by atoms with Gasteiger partial charge >= 0.3 is 0 Å². The van der Waals surface area contributed by atoms with E-state index in [2.05, 4.69) is 15.3 Å². The Balaban J connectivity index is 2.41. The summed E-state index contributed by atoms with van der Waals surface area (Å²) in [6.07, 6.45) is 2.14. The van der Waals surface area contributed by atoms with Gasteiger partial charge in [-0.05, 0) is 32.4 Å². The van der Waals surface area contributed by atoms with E-state index in [0.717, 1.165) is 13.0 Å². The van der Waals surface area contributed by atoms with Crippen molar-refractivity contribution in [3.8, 4) is 17.0 Å². The Bertz CT molecular complexity index is 602. The molecule has 112 valence electrons. The van der Waals surface area contributed by atoms with Gasteiger partial charge in [0.25, 0.3) is 0 Å². The Morgan fingerprint density at radius 2 is 2.05 bits per heavy atom. The van der Waals surface area contributed by atoms with E-state index in [1.54, 1.807) is 6.07 Å². The number of benzene rings is 1. The van der Waals surface area contributed by atoms with Gasteiger partial charge in [-0.1, -0.05) is 19.1 Å². The van der Waals surface area contributed by atoms with Gasteiger partial charge < -0.3 is 10.1 Å². The molecule has 1 aromatic carbocycles. The van der Waals surface area contributed by atoms with Crippen molar-refractivity contribution in [2.75, 3.05) is 11.9 Å². The molecule has 0 saturated carbocycles. The van der Waals surface area contributed by atoms with Crippen LogP contribution in [0, 0.1) is 5.82 Å².